The Bertz CT molecular complexity index is 1100. The fourth-order valence-corrected chi connectivity index (χ4v) is 5.73. The molecule has 172 valence electrons. The maximum absolute atomic E-state index is 13.4. The molecule has 0 spiro atoms. The van der Waals surface area contributed by atoms with Gasteiger partial charge in [-0.2, -0.15) is 11.3 Å². The number of thiophene rings is 1. The van der Waals surface area contributed by atoms with E-state index in [2.05, 4.69) is 20.9 Å². The SMILES string of the molecule is NC1(c2ccc(-c3nnc(NC(=O)CC4CCCCC4)cc3-c3ccsc3)cc2)CC(F)C1. The Balaban J connectivity index is 1.38. The van der Waals surface area contributed by atoms with Crippen molar-refractivity contribution >= 4 is 23.1 Å². The van der Waals surface area contributed by atoms with Crippen molar-refractivity contribution in [2.24, 2.45) is 11.7 Å². The molecule has 0 bridgehead atoms. The molecule has 2 fully saturated rings. The fourth-order valence-electron chi connectivity index (χ4n) is 5.08. The molecule has 2 heterocycles. The molecule has 0 saturated heterocycles. The molecule has 1 aromatic carbocycles. The summed E-state index contributed by atoms with van der Waals surface area (Å²) >= 11 is 1.61. The van der Waals surface area contributed by atoms with Gasteiger partial charge >= 0.3 is 0 Å². The Morgan fingerprint density at radius 1 is 1.09 bits per heavy atom. The summed E-state index contributed by atoms with van der Waals surface area (Å²) in [5.74, 6) is 0.946. The van der Waals surface area contributed by atoms with Crippen molar-refractivity contribution in [1.29, 1.82) is 0 Å². The second-order valence-corrected chi connectivity index (χ2v) is 10.3. The Morgan fingerprint density at radius 2 is 1.85 bits per heavy atom. The van der Waals surface area contributed by atoms with Crippen LogP contribution in [0.15, 0.2) is 47.2 Å². The third-order valence-electron chi connectivity index (χ3n) is 7.00. The lowest BCUT2D eigenvalue weighted by Crippen LogP contribution is -2.50. The van der Waals surface area contributed by atoms with E-state index in [4.69, 9.17) is 5.73 Å². The number of carbonyl (C=O) groups excluding carboxylic acids is 1. The van der Waals surface area contributed by atoms with E-state index >= 15 is 0 Å². The molecular formula is C26H29FN4OS. The van der Waals surface area contributed by atoms with E-state index in [0.29, 0.717) is 31.0 Å². The predicted octanol–water partition coefficient (Wildman–Crippen LogP) is 6.07. The topological polar surface area (TPSA) is 80.9 Å². The van der Waals surface area contributed by atoms with E-state index in [1.807, 2.05) is 41.8 Å². The smallest absolute Gasteiger partial charge is 0.225 e. The minimum absolute atomic E-state index is 0.00415. The number of nitrogens with zero attached hydrogens (tertiary/aromatic N) is 2. The fraction of sp³-hybridized carbons (Fsp3) is 0.423. The number of rotatable bonds is 6. The van der Waals surface area contributed by atoms with Crippen LogP contribution < -0.4 is 11.1 Å². The van der Waals surface area contributed by atoms with Crippen molar-refractivity contribution in [2.75, 3.05) is 5.32 Å². The molecule has 0 unspecified atom stereocenters. The highest BCUT2D eigenvalue weighted by atomic mass is 32.1. The van der Waals surface area contributed by atoms with Crippen LogP contribution >= 0.6 is 11.3 Å². The summed E-state index contributed by atoms with van der Waals surface area (Å²) in [6.07, 6.45) is 6.42. The van der Waals surface area contributed by atoms with Crippen LogP contribution in [0.4, 0.5) is 10.2 Å². The normalized spacial score (nSPS) is 23.2. The van der Waals surface area contributed by atoms with Crippen molar-refractivity contribution in [2.45, 2.75) is 63.1 Å². The number of nitrogens with one attached hydrogen (secondary N) is 1. The minimum atomic E-state index is -0.813. The van der Waals surface area contributed by atoms with E-state index in [-0.39, 0.29) is 5.91 Å². The molecule has 0 radical (unpaired) electrons. The molecule has 33 heavy (non-hydrogen) atoms. The van der Waals surface area contributed by atoms with Crippen LogP contribution in [0.2, 0.25) is 0 Å². The molecule has 5 nitrogen and oxygen atoms in total. The second kappa shape index (κ2) is 9.31. The quantitative estimate of drug-likeness (QED) is 0.464. The van der Waals surface area contributed by atoms with Gasteiger partial charge in [0, 0.05) is 35.9 Å². The molecule has 2 saturated carbocycles. The van der Waals surface area contributed by atoms with Gasteiger partial charge in [0.25, 0.3) is 0 Å². The average Bonchev–Trinajstić information content (AvgIpc) is 3.34. The largest absolute Gasteiger partial charge is 0.321 e. The molecule has 3 aromatic rings. The summed E-state index contributed by atoms with van der Waals surface area (Å²) in [6, 6.07) is 11.8. The van der Waals surface area contributed by atoms with E-state index < -0.39 is 11.7 Å². The van der Waals surface area contributed by atoms with Crippen LogP contribution in [0.25, 0.3) is 22.4 Å². The van der Waals surface area contributed by atoms with Crippen LogP contribution in [-0.4, -0.2) is 22.3 Å². The first-order valence-corrected chi connectivity index (χ1v) is 12.7. The van der Waals surface area contributed by atoms with Crippen LogP contribution in [0.5, 0.6) is 0 Å². The maximum Gasteiger partial charge on any atom is 0.225 e. The molecular weight excluding hydrogens is 435 g/mol. The van der Waals surface area contributed by atoms with E-state index in [9.17, 15) is 9.18 Å². The Labute approximate surface area is 197 Å². The number of hydrogen-bond acceptors (Lipinski definition) is 5. The molecule has 1 amide bonds. The van der Waals surface area contributed by atoms with Crippen molar-refractivity contribution in [3.05, 3.63) is 52.7 Å². The third-order valence-corrected chi connectivity index (χ3v) is 7.68. The van der Waals surface area contributed by atoms with Crippen molar-refractivity contribution in [3.63, 3.8) is 0 Å². The number of hydrogen-bond donors (Lipinski definition) is 2. The summed E-state index contributed by atoms with van der Waals surface area (Å²) in [4.78, 5) is 12.6. The Hall–Kier alpha value is -2.64. The number of aromatic nitrogens is 2. The number of carbonyl (C=O) groups is 1. The Kier molecular flexibility index (Phi) is 6.25. The molecule has 3 N–H and O–H groups in total. The monoisotopic (exact) mass is 464 g/mol. The molecule has 0 atom stereocenters. The number of nitrogens with two attached hydrogens (primary N) is 1. The van der Waals surface area contributed by atoms with Gasteiger partial charge in [0.15, 0.2) is 5.82 Å². The summed E-state index contributed by atoms with van der Waals surface area (Å²) < 4.78 is 13.4. The van der Waals surface area contributed by atoms with Crippen molar-refractivity contribution in [1.82, 2.24) is 10.2 Å². The Morgan fingerprint density at radius 3 is 2.52 bits per heavy atom. The number of anilines is 1. The molecule has 2 aliphatic carbocycles. The highest BCUT2D eigenvalue weighted by Crippen LogP contribution is 2.42. The number of alkyl halides is 1. The zero-order valence-electron chi connectivity index (χ0n) is 18.6. The first-order chi connectivity index (χ1) is 16.0. The van der Waals surface area contributed by atoms with E-state index in [0.717, 1.165) is 40.8 Å². The summed E-state index contributed by atoms with van der Waals surface area (Å²) in [7, 11) is 0. The highest BCUT2D eigenvalue weighted by Gasteiger charge is 2.42. The molecule has 2 aromatic heterocycles. The van der Waals surface area contributed by atoms with Gasteiger partial charge in [0.05, 0.1) is 0 Å². The van der Waals surface area contributed by atoms with Gasteiger partial charge in [-0.15, -0.1) is 10.2 Å². The lowest BCUT2D eigenvalue weighted by Gasteiger charge is -2.41. The lowest BCUT2D eigenvalue weighted by atomic mass is 9.71. The van der Waals surface area contributed by atoms with Crippen molar-refractivity contribution in [3.8, 4) is 22.4 Å². The van der Waals surface area contributed by atoms with Gasteiger partial charge in [-0.05, 0) is 52.8 Å². The standard InChI is InChI=1S/C26H29FN4OS/c27-21-14-26(28,15-21)20-8-6-18(7-9-20)25-22(19-10-11-33-16-19)13-23(30-31-25)29-24(32)12-17-4-2-1-3-5-17/h6-11,13,16-17,21H,1-5,12,14-15,28H2,(H,29,30,32). The first-order valence-electron chi connectivity index (χ1n) is 11.7. The minimum Gasteiger partial charge on any atom is -0.321 e. The van der Waals surface area contributed by atoms with Gasteiger partial charge in [-0.25, -0.2) is 4.39 Å². The van der Waals surface area contributed by atoms with Crippen LogP contribution in [0.1, 0.15) is 56.9 Å². The number of halogens is 1. The van der Waals surface area contributed by atoms with Gasteiger partial charge in [0.2, 0.25) is 5.91 Å². The first kappa shape index (κ1) is 22.2. The highest BCUT2D eigenvalue weighted by molar-refractivity contribution is 7.08. The summed E-state index contributed by atoms with van der Waals surface area (Å²) in [5.41, 5.74) is 10.3. The molecule has 2 aliphatic rings. The maximum atomic E-state index is 13.4. The summed E-state index contributed by atoms with van der Waals surface area (Å²) in [5, 5.41) is 15.8. The number of benzene rings is 1. The van der Waals surface area contributed by atoms with Crippen LogP contribution in [0.3, 0.4) is 0 Å². The number of amides is 1. The van der Waals surface area contributed by atoms with Gasteiger partial charge in [-0.1, -0.05) is 43.5 Å². The van der Waals surface area contributed by atoms with Gasteiger partial charge in [0.1, 0.15) is 11.9 Å². The van der Waals surface area contributed by atoms with Crippen molar-refractivity contribution < 1.29 is 9.18 Å². The van der Waals surface area contributed by atoms with E-state index in [1.165, 1.54) is 19.3 Å². The molecule has 5 rings (SSSR count). The average molecular weight is 465 g/mol. The predicted molar refractivity (Wildman–Crippen MR) is 131 cm³/mol. The van der Waals surface area contributed by atoms with Crippen LogP contribution in [0, 0.1) is 5.92 Å². The van der Waals surface area contributed by atoms with Crippen LogP contribution in [-0.2, 0) is 10.3 Å². The van der Waals surface area contributed by atoms with Gasteiger partial charge in [-0.3, -0.25) is 4.79 Å². The van der Waals surface area contributed by atoms with Gasteiger partial charge < -0.3 is 11.1 Å². The summed E-state index contributed by atoms with van der Waals surface area (Å²) in [6.45, 7) is 0. The molecule has 7 heteroatoms. The molecule has 0 aliphatic heterocycles. The second-order valence-electron chi connectivity index (χ2n) is 9.50. The zero-order chi connectivity index (χ0) is 22.8. The third kappa shape index (κ3) is 4.84. The lowest BCUT2D eigenvalue weighted by molar-refractivity contribution is -0.117. The van der Waals surface area contributed by atoms with E-state index in [1.54, 1.807) is 11.3 Å². The zero-order valence-corrected chi connectivity index (χ0v) is 19.4.